The fraction of sp³-hybridized carbons (Fsp3) is 0.737. The number of likely N-dealkylation sites (tertiary alicyclic amines) is 1. The van der Waals surface area contributed by atoms with E-state index in [9.17, 15) is 34.2 Å². The van der Waals surface area contributed by atoms with Crippen molar-refractivity contribution in [3.63, 3.8) is 0 Å². The van der Waals surface area contributed by atoms with E-state index in [0.717, 1.165) is 0 Å². The maximum absolute atomic E-state index is 13.1. The van der Waals surface area contributed by atoms with Crippen LogP contribution in [0.4, 0.5) is 0 Å². The maximum Gasteiger partial charge on any atom is 0.326 e. The average molecular weight is 476 g/mol. The molecule has 0 aromatic carbocycles. The number of nitrogens with one attached hydrogen (secondary N) is 2. The van der Waals surface area contributed by atoms with Crippen molar-refractivity contribution in [3.8, 4) is 0 Å². The molecule has 0 aromatic heterocycles. The molecule has 182 valence electrons. The van der Waals surface area contributed by atoms with Gasteiger partial charge in [0.25, 0.3) is 0 Å². The number of carboxylic acids is 1. The first-order valence-corrected chi connectivity index (χ1v) is 11.7. The van der Waals surface area contributed by atoms with Crippen LogP contribution >= 0.6 is 11.8 Å². The van der Waals surface area contributed by atoms with Gasteiger partial charge >= 0.3 is 5.97 Å². The van der Waals surface area contributed by atoms with Gasteiger partial charge in [0.15, 0.2) is 0 Å². The largest absolute Gasteiger partial charge is 0.480 e. The van der Waals surface area contributed by atoms with Gasteiger partial charge in [0.1, 0.15) is 24.2 Å². The van der Waals surface area contributed by atoms with Crippen molar-refractivity contribution in [1.29, 1.82) is 0 Å². The molecule has 0 aromatic rings. The lowest BCUT2D eigenvalue weighted by Crippen LogP contribution is -2.58. The van der Waals surface area contributed by atoms with Crippen LogP contribution in [0, 0.1) is 0 Å². The van der Waals surface area contributed by atoms with E-state index in [-0.39, 0.29) is 25.8 Å². The van der Waals surface area contributed by atoms with Gasteiger partial charge in [-0.2, -0.15) is 11.8 Å². The second-order valence-electron chi connectivity index (χ2n) is 7.70. The molecule has 12 nitrogen and oxygen atoms in total. The predicted octanol–water partition coefficient (Wildman–Crippen LogP) is -2.24. The van der Waals surface area contributed by atoms with Crippen molar-refractivity contribution in [2.45, 2.75) is 69.3 Å². The molecule has 32 heavy (non-hydrogen) atoms. The standard InChI is InChI=1S/C19H33N5O7S/c1-10(25)15(21)17(28)22-11(5-6-14(20)26)18(29)24-8-3-4-13(24)16(27)23-12(19(30)31)7-9-32-2/h10-13,15,25H,3-9,21H2,1-2H3,(H2,20,26)(H,22,28)(H,23,27)(H,30,31). The number of nitrogens with two attached hydrogens (primary N) is 2. The van der Waals surface area contributed by atoms with Crippen molar-refractivity contribution >= 4 is 41.4 Å². The summed E-state index contributed by atoms with van der Waals surface area (Å²) in [5.74, 6) is -3.29. The number of primary amides is 1. The molecule has 1 heterocycles. The van der Waals surface area contributed by atoms with Gasteiger partial charge in [0.05, 0.1) is 6.10 Å². The van der Waals surface area contributed by atoms with E-state index in [0.29, 0.717) is 18.6 Å². The molecule has 1 aliphatic rings. The van der Waals surface area contributed by atoms with Gasteiger partial charge in [-0.15, -0.1) is 0 Å². The highest BCUT2D eigenvalue weighted by Gasteiger charge is 2.39. The Morgan fingerprint density at radius 1 is 1.16 bits per heavy atom. The molecular weight excluding hydrogens is 442 g/mol. The Morgan fingerprint density at radius 2 is 1.81 bits per heavy atom. The van der Waals surface area contributed by atoms with Crippen LogP contribution in [0.25, 0.3) is 0 Å². The van der Waals surface area contributed by atoms with Crippen LogP contribution in [0.2, 0.25) is 0 Å². The van der Waals surface area contributed by atoms with E-state index in [1.165, 1.54) is 23.6 Å². The third kappa shape index (κ3) is 8.28. The molecule has 1 aliphatic heterocycles. The number of carboxylic acid groups (broad SMARTS) is 1. The van der Waals surface area contributed by atoms with Crippen LogP contribution in [0.15, 0.2) is 0 Å². The number of carbonyl (C=O) groups is 5. The van der Waals surface area contributed by atoms with E-state index in [1.54, 1.807) is 0 Å². The van der Waals surface area contributed by atoms with Crippen LogP contribution in [0.5, 0.6) is 0 Å². The van der Waals surface area contributed by atoms with E-state index in [4.69, 9.17) is 11.5 Å². The molecule has 0 spiro atoms. The number of hydrogen-bond acceptors (Lipinski definition) is 8. The average Bonchev–Trinajstić information content (AvgIpc) is 3.22. The summed E-state index contributed by atoms with van der Waals surface area (Å²) in [4.78, 5) is 62.1. The number of rotatable bonds is 13. The van der Waals surface area contributed by atoms with Crippen molar-refractivity contribution in [1.82, 2.24) is 15.5 Å². The lowest BCUT2D eigenvalue weighted by molar-refractivity contribution is -0.145. The number of aliphatic hydroxyl groups excluding tert-OH is 1. The highest BCUT2D eigenvalue weighted by Crippen LogP contribution is 2.20. The number of aliphatic carboxylic acids is 1. The predicted molar refractivity (Wildman–Crippen MR) is 117 cm³/mol. The first-order valence-electron chi connectivity index (χ1n) is 10.3. The zero-order valence-electron chi connectivity index (χ0n) is 18.3. The van der Waals surface area contributed by atoms with Crippen molar-refractivity contribution < 1.29 is 34.2 Å². The molecule has 0 aliphatic carbocycles. The zero-order valence-corrected chi connectivity index (χ0v) is 19.1. The van der Waals surface area contributed by atoms with Gasteiger partial charge in [0.2, 0.25) is 23.6 Å². The minimum atomic E-state index is -1.29. The van der Waals surface area contributed by atoms with E-state index < -0.39 is 59.9 Å². The molecule has 8 N–H and O–H groups in total. The molecule has 5 atom stereocenters. The van der Waals surface area contributed by atoms with Gasteiger partial charge in [-0.1, -0.05) is 0 Å². The maximum atomic E-state index is 13.1. The van der Waals surface area contributed by atoms with Gasteiger partial charge in [-0.3, -0.25) is 19.2 Å². The summed E-state index contributed by atoms with van der Waals surface area (Å²) in [6.45, 7) is 1.55. The Balaban J connectivity index is 2.96. The second kappa shape index (κ2) is 13.2. The number of nitrogens with zero attached hydrogens (tertiary/aromatic N) is 1. The molecular formula is C19H33N5O7S. The Labute approximate surface area is 190 Å². The number of aliphatic hydroxyl groups is 1. The molecule has 4 amide bonds. The van der Waals surface area contributed by atoms with Gasteiger partial charge in [-0.25, -0.2) is 4.79 Å². The summed E-state index contributed by atoms with van der Waals surface area (Å²) < 4.78 is 0. The number of hydrogen-bond donors (Lipinski definition) is 6. The molecule has 0 saturated carbocycles. The number of thioether (sulfide) groups is 1. The van der Waals surface area contributed by atoms with Gasteiger partial charge in [0, 0.05) is 13.0 Å². The van der Waals surface area contributed by atoms with E-state index in [1.807, 2.05) is 6.26 Å². The minimum Gasteiger partial charge on any atom is -0.480 e. The van der Waals surface area contributed by atoms with E-state index in [2.05, 4.69) is 10.6 Å². The summed E-state index contributed by atoms with van der Waals surface area (Å²) in [5.41, 5.74) is 10.8. The molecule has 5 unspecified atom stereocenters. The smallest absolute Gasteiger partial charge is 0.326 e. The topological polar surface area (TPSA) is 205 Å². The third-order valence-electron chi connectivity index (χ3n) is 5.18. The van der Waals surface area contributed by atoms with Crippen LogP contribution in [-0.4, -0.2) is 93.5 Å². The highest BCUT2D eigenvalue weighted by molar-refractivity contribution is 7.98. The minimum absolute atomic E-state index is 0.108. The normalized spacial score (nSPS) is 19.5. The molecule has 1 fully saturated rings. The first-order chi connectivity index (χ1) is 15.0. The molecule has 1 saturated heterocycles. The Hall–Kier alpha value is -2.38. The summed E-state index contributed by atoms with van der Waals surface area (Å²) in [6, 6.07) is -4.46. The lowest BCUT2D eigenvalue weighted by Gasteiger charge is -2.30. The molecule has 13 heteroatoms. The number of amides is 4. The Kier molecular flexibility index (Phi) is 11.4. The summed E-state index contributed by atoms with van der Waals surface area (Å²) in [7, 11) is 0. The summed E-state index contributed by atoms with van der Waals surface area (Å²) in [6.07, 6.45) is 1.43. The summed E-state index contributed by atoms with van der Waals surface area (Å²) >= 11 is 1.45. The Bertz CT molecular complexity index is 706. The second-order valence-corrected chi connectivity index (χ2v) is 8.69. The van der Waals surface area contributed by atoms with Crippen LogP contribution in [0.1, 0.15) is 39.0 Å². The molecule has 0 radical (unpaired) electrons. The monoisotopic (exact) mass is 475 g/mol. The van der Waals surface area contributed by atoms with Crippen molar-refractivity contribution in [2.75, 3.05) is 18.6 Å². The van der Waals surface area contributed by atoms with Gasteiger partial charge < -0.3 is 37.2 Å². The summed E-state index contributed by atoms with van der Waals surface area (Å²) in [5, 5.41) is 23.8. The fourth-order valence-electron chi connectivity index (χ4n) is 3.30. The molecule has 1 rings (SSSR count). The van der Waals surface area contributed by atoms with Crippen molar-refractivity contribution in [3.05, 3.63) is 0 Å². The Morgan fingerprint density at radius 3 is 2.34 bits per heavy atom. The van der Waals surface area contributed by atoms with Gasteiger partial charge in [-0.05, 0) is 44.6 Å². The lowest BCUT2D eigenvalue weighted by atomic mass is 10.1. The third-order valence-corrected chi connectivity index (χ3v) is 5.82. The highest BCUT2D eigenvalue weighted by atomic mass is 32.2. The zero-order chi connectivity index (χ0) is 24.4. The van der Waals surface area contributed by atoms with Crippen LogP contribution in [0.3, 0.4) is 0 Å². The number of carbonyl (C=O) groups excluding carboxylic acids is 4. The first kappa shape index (κ1) is 27.7. The van der Waals surface area contributed by atoms with Crippen LogP contribution < -0.4 is 22.1 Å². The quantitative estimate of drug-likeness (QED) is 0.170. The molecule has 0 bridgehead atoms. The fourth-order valence-corrected chi connectivity index (χ4v) is 3.77. The van der Waals surface area contributed by atoms with Crippen LogP contribution in [-0.2, 0) is 24.0 Å². The SMILES string of the molecule is CSCCC(NC(=O)C1CCCN1C(=O)C(CCC(N)=O)NC(=O)C(N)C(C)O)C(=O)O. The van der Waals surface area contributed by atoms with E-state index >= 15 is 0 Å². The van der Waals surface area contributed by atoms with Crippen molar-refractivity contribution in [2.24, 2.45) is 11.5 Å².